The van der Waals surface area contributed by atoms with Crippen LogP contribution < -0.4 is 0 Å². The first-order chi connectivity index (χ1) is 23.5. The van der Waals surface area contributed by atoms with Gasteiger partial charge in [-0.15, -0.1) is 11.8 Å². The highest BCUT2D eigenvalue weighted by Crippen LogP contribution is 2.49. The molecular weight excluding hydrogens is 641 g/mol. The number of β-lactam (4-membered cyclic amide) rings is 1. The maximum absolute atomic E-state index is 14.2. The molecule has 0 bridgehead atoms. The van der Waals surface area contributed by atoms with E-state index in [2.05, 4.69) is 0 Å². The number of rotatable bonds is 9. The van der Waals surface area contributed by atoms with E-state index in [1.54, 1.807) is 6.21 Å². The topological polar surface area (TPSA) is 115 Å². The van der Waals surface area contributed by atoms with E-state index in [0.717, 1.165) is 22.1 Å². The molecule has 9 nitrogen and oxygen atoms in total. The first-order valence-corrected chi connectivity index (χ1v) is 17.0. The molecule has 0 spiro atoms. The van der Waals surface area contributed by atoms with Gasteiger partial charge >= 0.3 is 11.9 Å². The van der Waals surface area contributed by atoms with E-state index in [4.69, 9.17) is 19.2 Å². The van der Waals surface area contributed by atoms with Gasteiger partial charge in [0.05, 0.1) is 0 Å². The van der Waals surface area contributed by atoms with Crippen molar-refractivity contribution >= 4 is 46.6 Å². The molecule has 2 aliphatic heterocycles. The Morgan fingerprint density at radius 3 is 2.16 bits per heavy atom. The van der Waals surface area contributed by atoms with E-state index < -0.39 is 35.0 Å². The van der Waals surface area contributed by atoms with Gasteiger partial charge in [0.25, 0.3) is 11.6 Å². The standard InChI is InChI=1S/C39H38N2O7S/c1-24(42)47-22-28-23-49-37-39(46-5,40-21-27-20-31(38(2,3)4)33(43)30-19-13-12-18-29(27)30)36(45)41(37)32(28)35(44)48-34(25-14-8-6-9-15-25)26-16-10-7-11-17-26/h6-21,34,37,43H,22-23H2,1-5H3/t37-,39+/m1/s1. The van der Waals surface area contributed by atoms with Crippen LogP contribution in [0.4, 0.5) is 0 Å². The molecule has 2 heterocycles. The van der Waals surface area contributed by atoms with E-state index in [9.17, 15) is 19.5 Å². The number of ether oxygens (including phenoxy) is 3. The fraction of sp³-hybridized carbons (Fsp3) is 0.282. The number of hydrogen-bond donors (Lipinski definition) is 1. The van der Waals surface area contributed by atoms with Crippen LogP contribution in [0.15, 0.2) is 107 Å². The van der Waals surface area contributed by atoms with Crippen molar-refractivity contribution in [1.29, 1.82) is 0 Å². The molecule has 0 unspecified atom stereocenters. The smallest absolute Gasteiger partial charge is 0.356 e. The number of hydrogen-bond acceptors (Lipinski definition) is 9. The van der Waals surface area contributed by atoms with E-state index in [-0.39, 0.29) is 29.2 Å². The summed E-state index contributed by atoms with van der Waals surface area (Å²) in [4.78, 5) is 46.3. The highest BCUT2D eigenvalue weighted by Gasteiger charge is 2.66. The highest BCUT2D eigenvalue weighted by atomic mass is 32.2. The van der Waals surface area contributed by atoms with Gasteiger partial charge < -0.3 is 19.3 Å². The van der Waals surface area contributed by atoms with Crippen molar-refractivity contribution in [2.45, 2.75) is 50.3 Å². The average Bonchev–Trinajstić information content (AvgIpc) is 3.10. The molecule has 2 aliphatic rings. The zero-order chi connectivity index (χ0) is 34.9. The molecule has 10 heteroatoms. The number of thioether (sulfide) groups is 1. The molecule has 2 atom stereocenters. The number of carbonyl (C=O) groups is 3. The normalized spacial score (nSPS) is 19.3. The lowest BCUT2D eigenvalue weighted by Crippen LogP contribution is -2.73. The second-order valence-corrected chi connectivity index (χ2v) is 14.1. The maximum Gasteiger partial charge on any atom is 0.356 e. The van der Waals surface area contributed by atoms with Crippen LogP contribution in [0.2, 0.25) is 0 Å². The number of aliphatic imine (C=N–C) groups is 1. The third-order valence-electron chi connectivity index (χ3n) is 8.72. The summed E-state index contributed by atoms with van der Waals surface area (Å²) >= 11 is 1.36. The number of fused-ring (bicyclic) bond motifs is 2. The Balaban J connectivity index is 1.38. The van der Waals surface area contributed by atoms with Gasteiger partial charge in [0.15, 0.2) is 6.10 Å². The molecule has 6 rings (SSSR count). The van der Waals surface area contributed by atoms with Gasteiger partial charge in [-0.05, 0) is 28.0 Å². The first-order valence-electron chi connectivity index (χ1n) is 15.9. The van der Waals surface area contributed by atoms with Gasteiger partial charge in [-0.3, -0.25) is 14.5 Å². The van der Waals surface area contributed by atoms with Crippen molar-refractivity contribution in [3.8, 4) is 5.75 Å². The number of aromatic hydroxyl groups is 1. The minimum atomic E-state index is -1.64. The predicted molar refractivity (Wildman–Crippen MR) is 189 cm³/mol. The average molecular weight is 679 g/mol. The van der Waals surface area contributed by atoms with Crippen LogP contribution >= 0.6 is 11.8 Å². The molecule has 252 valence electrons. The van der Waals surface area contributed by atoms with E-state index in [1.807, 2.05) is 112 Å². The summed E-state index contributed by atoms with van der Waals surface area (Å²) in [5.74, 6) is -1.32. The van der Waals surface area contributed by atoms with Gasteiger partial charge in [-0.2, -0.15) is 0 Å². The first kappa shape index (κ1) is 34.0. The fourth-order valence-electron chi connectivity index (χ4n) is 6.20. The molecule has 1 N–H and O–H groups in total. The van der Waals surface area contributed by atoms with Crippen LogP contribution in [0.3, 0.4) is 0 Å². The highest BCUT2D eigenvalue weighted by molar-refractivity contribution is 8.00. The number of phenolic OH excluding ortho intramolecular Hbond substituents is 1. The van der Waals surface area contributed by atoms with Crippen molar-refractivity contribution in [2.24, 2.45) is 4.99 Å². The lowest BCUT2D eigenvalue weighted by atomic mass is 9.83. The van der Waals surface area contributed by atoms with Crippen LogP contribution in [0.1, 0.15) is 56.1 Å². The fourth-order valence-corrected chi connectivity index (χ4v) is 7.61. The summed E-state index contributed by atoms with van der Waals surface area (Å²) in [6.45, 7) is 7.15. The molecule has 1 fully saturated rings. The summed E-state index contributed by atoms with van der Waals surface area (Å²) in [5, 5.41) is 11.8. The van der Waals surface area contributed by atoms with Crippen molar-refractivity contribution in [2.75, 3.05) is 19.5 Å². The zero-order valence-corrected chi connectivity index (χ0v) is 28.8. The molecule has 4 aromatic rings. The number of carbonyl (C=O) groups excluding carboxylic acids is 3. The molecule has 0 aromatic heterocycles. The molecule has 1 saturated heterocycles. The maximum atomic E-state index is 14.2. The van der Waals surface area contributed by atoms with Crippen LogP contribution in [0.5, 0.6) is 5.75 Å². The van der Waals surface area contributed by atoms with Crippen molar-refractivity contribution in [3.63, 3.8) is 0 Å². The predicted octanol–water partition coefficient (Wildman–Crippen LogP) is 6.67. The summed E-state index contributed by atoms with van der Waals surface area (Å²) in [7, 11) is 1.42. The van der Waals surface area contributed by atoms with Gasteiger partial charge in [0.2, 0.25) is 0 Å². The lowest BCUT2D eigenvalue weighted by molar-refractivity contribution is -0.183. The van der Waals surface area contributed by atoms with Gasteiger partial charge in [0.1, 0.15) is 23.4 Å². The van der Waals surface area contributed by atoms with E-state index in [0.29, 0.717) is 16.5 Å². The molecule has 4 aromatic carbocycles. The number of esters is 2. The minimum Gasteiger partial charge on any atom is -0.507 e. The molecular formula is C39H38N2O7S. The van der Waals surface area contributed by atoms with Crippen LogP contribution in [-0.2, 0) is 34.0 Å². The van der Waals surface area contributed by atoms with E-state index >= 15 is 0 Å². The molecule has 0 aliphatic carbocycles. The number of amides is 1. The Kier molecular flexibility index (Phi) is 9.37. The summed E-state index contributed by atoms with van der Waals surface area (Å²) in [5.41, 5.74) is 1.42. The van der Waals surface area contributed by atoms with Crippen LogP contribution in [-0.4, -0.2) is 64.6 Å². The van der Waals surface area contributed by atoms with Gasteiger partial charge in [0, 0.05) is 48.1 Å². The van der Waals surface area contributed by atoms with Crippen molar-refractivity contribution < 1.29 is 33.7 Å². The second kappa shape index (κ2) is 13.5. The lowest BCUT2D eigenvalue weighted by Gasteiger charge is -2.54. The molecule has 1 amide bonds. The Hall–Kier alpha value is -4.93. The Morgan fingerprint density at radius 2 is 1.59 bits per heavy atom. The summed E-state index contributed by atoms with van der Waals surface area (Å²) in [6.07, 6.45) is 0.847. The van der Waals surface area contributed by atoms with Gasteiger partial charge in [-0.25, -0.2) is 9.79 Å². The Morgan fingerprint density at radius 1 is 1.00 bits per heavy atom. The number of methoxy groups -OCH3 is 1. The minimum absolute atomic E-state index is 0.0137. The Bertz CT molecular complexity index is 1930. The number of phenols is 1. The molecule has 0 saturated carbocycles. The molecule has 49 heavy (non-hydrogen) atoms. The van der Waals surface area contributed by atoms with Crippen LogP contribution in [0, 0.1) is 0 Å². The van der Waals surface area contributed by atoms with Crippen LogP contribution in [0.25, 0.3) is 10.8 Å². The third kappa shape index (κ3) is 6.34. The SMILES string of the molecule is CO[C@@]1(N=Cc2cc(C(C)(C)C)c(O)c3ccccc23)C(=O)N2C(C(=O)OC(c3ccccc3)c3ccccc3)=C(COC(C)=O)CS[C@@H]21. The monoisotopic (exact) mass is 678 g/mol. The zero-order valence-electron chi connectivity index (χ0n) is 28.0. The second-order valence-electron chi connectivity index (χ2n) is 13.0. The van der Waals surface area contributed by atoms with E-state index in [1.165, 1.54) is 30.7 Å². The van der Waals surface area contributed by atoms with Gasteiger partial charge in [-0.1, -0.05) is 106 Å². The largest absolute Gasteiger partial charge is 0.507 e. The number of nitrogens with zero attached hydrogens (tertiary/aromatic N) is 2. The molecule has 0 radical (unpaired) electrons. The summed E-state index contributed by atoms with van der Waals surface area (Å²) in [6, 6.07) is 28.1. The quantitative estimate of drug-likeness (QED) is 0.119. The van der Waals surface area contributed by atoms with Crippen molar-refractivity contribution in [3.05, 3.63) is 125 Å². The Labute approximate surface area is 289 Å². The summed E-state index contributed by atoms with van der Waals surface area (Å²) < 4.78 is 17.4. The number of benzene rings is 4. The third-order valence-corrected chi connectivity index (χ3v) is 10.1. The van der Waals surface area contributed by atoms with Crippen molar-refractivity contribution in [1.82, 2.24) is 4.90 Å².